The second kappa shape index (κ2) is 6.02. The van der Waals surface area contributed by atoms with Gasteiger partial charge in [-0.05, 0) is 55.6 Å². The van der Waals surface area contributed by atoms with Gasteiger partial charge < -0.3 is 15.5 Å². The third kappa shape index (κ3) is 2.88. The van der Waals surface area contributed by atoms with Crippen LogP contribution in [0, 0.1) is 11.8 Å². The lowest BCUT2D eigenvalue weighted by atomic mass is 9.97. The normalized spacial score (nSPS) is 24.0. The van der Waals surface area contributed by atoms with Gasteiger partial charge in [0.15, 0.2) is 0 Å². The van der Waals surface area contributed by atoms with Gasteiger partial charge in [0, 0.05) is 18.8 Å². The molecule has 1 saturated carbocycles. The highest BCUT2D eigenvalue weighted by molar-refractivity contribution is 5.93. The lowest BCUT2D eigenvalue weighted by molar-refractivity contribution is 0.0697. The molecule has 2 unspecified atom stereocenters. The van der Waals surface area contributed by atoms with Crippen molar-refractivity contribution in [3.63, 3.8) is 0 Å². The molecule has 1 aromatic rings. The second-order valence-electron chi connectivity index (χ2n) is 6.16. The number of pyridine rings is 1. The molecule has 2 aliphatic carbocycles. The first-order chi connectivity index (χ1) is 10.2. The molecule has 3 rings (SSSR count). The molecule has 0 bridgehead atoms. The van der Waals surface area contributed by atoms with Gasteiger partial charge in [-0.1, -0.05) is 6.42 Å². The maximum Gasteiger partial charge on any atom is 0.339 e. The summed E-state index contributed by atoms with van der Waals surface area (Å²) in [5.41, 5.74) is 2.38. The molecule has 0 radical (unpaired) electrons. The average molecular weight is 290 g/mol. The number of fused-ring (bicyclic) bond motifs is 1. The number of aliphatic hydroxyl groups excluding tert-OH is 1. The number of carboxylic acid groups (broad SMARTS) is 1. The minimum Gasteiger partial charge on any atom is -0.478 e. The van der Waals surface area contributed by atoms with E-state index in [2.05, 4.69) is 10.3 Å². The van der Waals surface area contributed by atoms with Crippen LogP contribution in [0.4, 0.5) is 5.82 Å². The van der Waals surface area contributed by atoms with Gasteiger partial charge in [0.25, 0.3) is 0 Å². The van der Waals surface area contributed by atoms with Crippen molar-refractivity contribution in [2.45, 2.75) is 38.5 Å². The molecule has 3 N–H and O–H groups in total. The van der Waals surface area contributed by atoms with Crippen LogP contribution in [-0.2, 0) is 12.8 Å². The van der Waals surface area contributed by atoms with Crippen LogP contribution >= 0.6 is 0 Å². The quantitative estimate of drug-likeness (QED) is 0.773. The summed E-state index contributed by atoms with van der Waals surface area (Å²) in [7, 11) is 0. The number of carbonyl (C=O) groups is 1. The molecular weight excluding hydrogens is 268 g/mol. The van der Waals surface area contributed by atoms with E-state index < -0.39 is 5.97 Å². The van der Waals surface area contributed by atoms with E-state index in [1.807, 2.05) is 0 Å². The van der Waals surface area contributed by atoms with E-state index in [9.17, 15) is 15.0 Å². The fraction of sp³-hybridized carbons (Fsp3) is 0.625. The number of aryl methyl sites for hydroxylation is 2. The maximum absolute atomic E-state index is 11.4. The van der Waals surface area contributed by atoms with Crippen molar-refractivity contribution in [1.29, 1.82) is 0 Å². The van der Waals surface area contributed by atoms with Gasteiger partial charge >= 0.3 is 5.97 Å². The number of nitrogens with zero attached hydrogens (tertiary/aromatic N) is 1. The van der Waals surface area contributed by atoms with Crippen molar-refractivity contribution in [3.05, 3.63) is 22.9 Å². The first-order valence-corrected chi connectivity index (χ1v) is 7.80. The summed E-state index contributed by atoms with van der Waals surface area (Å²) in [5.74, 6) is 0.309. The van der Waals surface area contributed by atoms with Gasteiger partial charge in [0.05, 0.1) is 0 Å². The Bertz CT molecular complexity index is 545. The Balaban J connectivity index is 1.76. The average Bonchev–Trinajstić information content (AvgIpc) is 3.11. The van der Waals surface area contributed by atoms with Gasteiger partial charge in [-0.3, -0.25) is 0 Å². The minimum absolute atomic E-state index is 0.218. The zero-order chi connectivity index (χ0) is 14.8. The number of hydrogen-bond acceptors (Lipinski definition) is 4. The van der Waals surface area contributed by atoms with E-state index in [-0.39, 0.29) is 12.2 Å². The summed E-state index contributed by atoms with van der Waals surface area (Å²) < 4.78 is 0. The Labute approximate surface area is 124 Å². The van der Waals surface area contributed by atoms with Crippen LogP contribution < -0.4 is 5.32 Å². The highest BCUT2D eigenvalue weighted by Crippen LogP contribution is 2.32. The molecule has 0 amide bonds. The SMILES string of the molecule is O=C(O)c1cc2c(nc1NCC1CCCC1CO)CCC2. The third-order valence-electron chi connectivity index (χ3n) is 4.86. The van der Waals surface area contributed by atoms with E-state index in [1.165, 1.54) is 0 Å². The predicted octanol–water partition coefficient (Wildman–Crippen LogP) is 2.09. The van der Waals surface area contributed by atoms with Crippen LogP contribution in [0.1, 0.15) is 47.3 Å². The van der Waals surface area contributed by atoms with E-state index in [1.54, 1.807) is 6.07 Å². The summed E-state index contributed by atoms with van der Waals surface area (Å²) in [6.07, 6.45) is 6.21. The van der Waals surface area contributed by atoms with Crippen LogP contribution in [0.2, 0.25) is 0 Å². The molecule has 5 nitrogen and oxygen atoms in total. The Morgan fingerprint density at radius 1 is 1.29 bits per heavy atom. The predicted molar refractivity (Wildman–Crippen MR) is 79.6 cm³/mol. The van der Waals surface area contributed by atoms with E-state index in [0.29, 0.717) is 24.2 Å². The summed E-state index contributed by atoms with van der Waals surface area (Å²) >= 11 is 0. The molecule has 0 spiro atoms. The van der Waals surface area contributed by atoms with E-state index >= 15 is 0 Å². The minimum atomic E-state index is -0.926. The van der Waals surface area contributed by atoms with Crippen molar-refractivity contribution < 1.29 is 15.0 Å². The molecule has 0 saturated heterocycles. The molecule has 1 aromatic heterocycles. The van der Waals surface area contributed by atoms with Crippen molar-refractivity contribution in [3.8, 4) is 0 Å². The Hall–Kier alpha value is -1.62. The van der Waals surface area contributed by atoms with Crippen molar-refractivity contribution in [2.75, 3.05) is 18.5 Å². The first kappa shape index (κ1) is 14.3. The fourth-order valence-corrected chi connectivity index (χ4v) is 3.62. The van der Waals surface area contributed by atoms with Crippen molar-refractivity contribution in [2.24, 2.45) is 11.8 Å². The standard InChI is InChI=1S/C16H22N2O3/c19-9-12-5-1-4-11(12)8-17-15-13(16(20)21)7-10-3-2-6-14(10)18-15/h7,11-12,19H,1-6,8-9H2,(H,17,18)(H,20,21). The topological polar surface area (TPSA) is 82.5 Å². The first-order valence-electron chi connectivity index (χ1n) is 7.80. The van der Waals surface area contributed by atoms with Gasteiger partial charge in [-0.2, -0.15) is 0 Å². The van der Waals surface area contributed by atoms with Crippen LogP contribution in [0.15, 0.2) is 6.07 Å². The zero-order valence-electron chi connectivity index (χ0n) is 12.1. The lowest BCUT2D eigenvalue weighted by Gasteiger charge is -2.19. The summed E-state index contributed by atoms with van der Waals surface area (Å²) in [6, 6.07) is 1.78. The number of carboxylic acids is 1. The van der Waals surface area contributed by atoms with Crippen LogP contribution in [-0.4, -0.2) is 34.3 Å². The Kier molecular flexibility index (Phi) is 4.10. The second-order valence-corrected chi connectivity index (χ2v) is 6.16. The number of rotatable bonds is 5. The highest BCUT2D eigenvalue weighted by Gasteiger charge is 2.27. The van der Waals surface area contributed by atoms with Crippen LogP contribution in [0.5, 0.6) is 0 Å². The molecule has 1 fully saturated rings. The largest absolute Gasteiger partial charge is 0.478 e. The smallest absolute Gasteiger partial charge is 0.339 e. The summed E-state index contributed by atoms with van der Waals surface area (Å²) in [4.78, 5) is 16.0. The third-order valence-corrected chi connectivity index (χ3v) is 4.86. The molecule has 2 aliphatic rings. The monoisotopic (exact) mass is 290 g/mol. The summed E-state index contributed by atoms with van der Waals surface area (Å²) in [6.45, 7) is 0.910. The number of anilines is 1. The Morgan fingerprint density at radius 3 is 2.86 bits per heavy atom. The molecule has 0 aromatic carbocycles. The van der Waals surface area contributed by atoms with Crippen LogP contribution in [0.25, 0.3) is 0 Å². The number of nitrogens with one attached hydrogen (secondary N) is 1. The summed E-state index contributed by atoms with van der Waals surface area (Å²) in [5, 5.41) is 22.0. The fourth-order valence-electron chi connectivity index (χ4n) is 3.62. The van der Waals surface area contributed by atoms with Gasteiger partial charge in [-0.25, -0.2) is 9.78 Å². The van der Waals surface area contributed by atoms with Gasteiger partial charge in [0.1, 0.15) is 11.4 Å². The van der Waals surface area contributed by atoms with Crippen molar-refractivity contribution >= 4 is 11.8 Å². The number of hydrogen-bond donors (Lipinski definition) is 3. The lowest BCUT2D eigenvalue weighted by Crippen LogP contribution is -2.22. The molecular formula is C16H22N2O3. The maximum atomic E-state index is 11.4. The molecule has 5 heteroatoms. The van der Waals surface area contributed by atoms with Crippen LogP contribution in [0.3, 0.4) is 0 Å². The van der Waals surface area contributed by atoms with E-state index in [0.717, 1.165) is 49.8 Å². The zero-order valence-corrected chi connectivity index (χ0v) is 12.1. The van der Waals surface area contributed by atoms with Gasteiger partial charge in [-0.15, -0.1) is 0 Å². The molecule has 114 valence electrons. The van der Waals surface area contributed by atoms with Gasteiger partial charge in [0.2, 0.25) is 0 Å². The molecule has 21 heavy (non-hydrogen) atoms. The number of aromatic nitrogens is 1. The Morgan fingerprint density at radius 2 is 2.10 bits per heavy atom. The number of aromatic carboxylic acids is 1. The van der Waals surface area contributed by atoms with Crippen molar-refractivity contribution in [1.82, 2.24) is 4.98 Å². The van der Waals surface area contributed by atoms with E-state index in [4.69, 9.17) is 0 Å². The highest BCUT2D eigenvalue weighted by atomic mass is 16.4. The molecule has 0 aliphatic heterocycles. The molecule has 2 atom stereocenters. The number of aliphatic hydroxyl groups is 1. The molecule has 1 heterocycles.